The molecule has 0 aliphatic heterocycles. The maximum absolute atomic E-state index is 13.3. The standard InChI is InChI=1S/C13H17BrF2O/c1-13(2,3)9(7-14)8-17-11-6-4-5-10(15)12(11)16/h4-6,9H,7-8H2,1-3H3. The molecule has 0 heterocycles. The van der Waals surface area contributed by atoms with Gasteiger partial charge in [-0.05, 0) is 17.5 Å². The third-order valence-corrected chi connectivity index (χ3v) is 3.55. The van der Waals surface area contributed by atoms with Crippen LogP contribution >= 0.6 is 15.9 Å². The van der Waals surface area contributed by atoms with E-state index in [1.54, 1.807) is 0 Å². The summed E-state index contributed by atoms with van der Waals surface area (Å²) in [5.41, 5.74) is 0.0489. The molecule has 0 bridgehead atoms. The van der Waals surface area contributed by atoms with Gasteiger partial charge < -0.3 is 4.74 Å². The molecule has 1 aromatic rings. The van der Waals surface area contributed by atoms with Crippen molar-refractivity contribution in [2.75, 3.05) is 11.9 Å². The first-order chi connectivity index (χ1) is 7.86. The van der Waals surface area contributed by atoms with Crippen LogP contribution in [0.25, 0.3) is 0 Å². The fraction of sp³-hybridized carbons (Fsp3) is 0.538. The van der Waals surface area contributed by atoms with Crippen molar-refractivity contribution in [2.24, 2.45) is 11.3 Å². The van der Waals surface area contributed by atoms with E-state index in [4.69, 9.17) is 4.74 Å². The summed E-state index contributed by atoms with van der Waals surface area (Å²) in [6, 6.07) is 3.95. The molecule has 0 aromatic heterocycles. The number of halogens is 3. The first-order valence-corrected chi connectivity index (χ1v) is 6.61. The van der Waals surface area contributed by atoms with Gasteiger partial charge in [-0.15, -0.1) is 0 Å². The first-order valence-electron chi connectivity index (χ1n) is 5.49. The van der Waals surface area contributed by atoms with Gasteiger partial charge in [0.25, 0.3) is 0 Å². The minimum absolute atomic E-state index is 0.0276. The summed E-state index contributed by atoms with van der Waals surface area (Å²) in [7, 11) is 0. The van der Waals surface area contributed by atoms with Gasteiger partial charge in [-0.2, -0.15) is 4.39 Å². The van der Waals surface area contributed by atoms with E-state index in [1.807, 2.05) is 0 Å². The van der Waals surface area contributed by atoms with Gasteiger partial charge in [0, 0.05) is 11.2 Å². The summed E-state index contributed by atoms with van der Waals surface area (Å²) in [4.78, 5) is 0. The number of ether oxygens (including phenoxy) is 1. The highest BCUT2D eigenvalue weighted by molar-refractivity contribution is 9.09. The highest BCUT2D eigenvalue weighted by Crippen LogP contribution is 2.29. The fourth-order valence-corrected chi connectivity index (χ4v) is 2.47. The van der Waals surface area contributed by atoms with E-state index in [2.05, 4.69) is 36.7 Å². The molecule has 0 N–H and O–H groups in total. The Morgan fingerprint density at radius 3 is 2.47 bits per heavy atom. The molecular formula is C13H17BrF2O. The van der Waals surface area contributed by atoms with Crippen molar-refractivity contribution in [2.45, 2.75) is 20.8 Å². The largest absolute Gasteiger partial charge is 0.490 e. The quantitative estimate of drug-likeness (QED) is 0.749. The molecule has 0 amide bonds. The molecule has 17 heavy (non-hydrogen) atoms. The Morgan fingerprint density at radius 2 is 1.94 bits per heavy atom. The van der Waals surface area contributed by atoms with Crippen molar-refractivity contribution in [1.82, 2.24) is 0 Å². The molecule has 4 heteroatoms. The number of hydrogen-bond acceptors (Lipinski definition) is 1. The van der Waals surface area contributed by atoms with Crippen molar-refractivity contribution in [1.29, 1.82) is 0 Å². The van der Waals surface area contributed by atoms with Crippen LogP contribution in [0.3, 0.4) is 0 Å². The summed E-state index contributed by atoms with van der Waals surface area (Å²) in [5, 5.41) is 0.757. The Morgan fingerprint density at radius 1 is 1.29 bits per heavy atom. The topological polar surface area (TPSA) is 9.23 Å². The van der Waals surface area contributed by atoms with Crippen LogP contribution in [0.1, 0.15) is 20.8 Å². The van der Waals surface area contributed by atoms with Gasteiger partial charge in [0.2, 0.25) is 5.82 Å². The Bertz CT molecular complexity index is 374. The summed E-state index contributed by atoms with van der Waals surface area (Å²) in [5.74, 6) is -1.60. The van der Waals surface area contributed by atoms with E-state index < -0.39 is 11.6 Å². The number of rotatable bonds is 4. The average Bonchev–Trinajstić information content (AvgIpc) is 2.23. The first kappa shape index (κ1) is 14.4. The van der Waals surface area contributed by atoms with Crippen LogP contribution in [-0.4, -0.2) is 11.9 Å². The van der Waals surface area contributed by atoms with E-state index in [-0.39, 0.29) is 17.1 Å². The molecule has 1 rings (SSSR count). The zero-order valence-electron chi connectivity index (χ0n) is 10.3. The van der Waals surface area contributed by atoms with Gasteiger partial charge in [-0.1, -0.05) is 42.8 Å². The molecule has 0 fully saturated rings. The summed E-state index contributed by atoms with van der Waals surface area (Å²) < 4.78 is 31.6. The van der Waals surface area contributed by atoms with Crippen LogP contribution in [0.15, 0.2) is 18.2 Å². The summed E-state index contributed by atoms with van der Waals surface area (Å²) in [6.07, 6.45) is 0. The lowest BCUT2D eigenvalue weighted by atomic mass is 9.83. The highest BCUT2D eigenvalue weighted by atomic mass is 79.9. The monoisotopic (exact) mass is 306 g/mol. The lowest BCUT2D eigenvalue weighted by Gasteiger charge is -2.29. The van der Waals surface area contributed by atoms with E-state index in [1.165, 1.54) is 12.1 Å². The van der Waals surface area contributed by atoms with Crippen molar-refractivity contribution in [3.63, 3.8) is 0 Å². The maximum Gasteiger partial charge on any atom is 0.200 e. The summed E-state index contributed by atoms with van der Waals surface area (Å²) in [6.45, 7) is 6.62. The highest BCUT2D eigenvalue weighted by Gasteiger charge is 2.24. The van der Waals surface area contributed by atoms with Crippen LogP contribution in [0.2, 0.25) is 0 Å². The Hall–Kier alpha value is -0.640. The smallest absolute Gasteiger partial charge is 0.200 e. The Labute approximate surface area is 109 Å². The molecule has 0 spiro atoms. The van der Waals surface area contributed by atoms with E-state index in [9.17, 15) is 8.78 Å². The number of benzene rings is 1. The minimum atomic E-state index is -0.922. The number of alkyl halides is 1. The third-order valence-electron chi connectivity index (χ3n) is 2.77. The molecule has 1 aromatic carbocycles. The van der Waals surface area contributed by atoms with Crippen LogP contribution in [0.5, 0.6) is 5.75 Å². The van der Waals surface area contributed by atoms with Crippen LogP contribution in [0, 0.1) is 23.0 Å². The van der Waals surface area contributed by atoms with E-state index >= 15 is 0 Å². The second-order valence-electron chi connectivity index (χ2n) is 5.08. The molecule has 1 unspecified atom stereocenters. The van der Waals surface area contributed by atoms with Crippen molar-refractivity contribution in [3.8, 4) is 5.75 Å². The normalized spacial score (nSPS) is 13.5. The zero-order chi connectivity index (χ0) is 13.1. The lowest BCUT2D eigenvalue weighted by molar-refractivity contribution is 0.161. The average molecular weight is 307 g/mol. The van der Waals surface area contributed by atoms with Gasteiger partial charge >= 0.3 is 0 Å². The second-order valence-corrected chi connectivity index (χ2v) is 5.73. The molecule has 0 saturated carbocycles. The fourth-order valence-electron chi connectivity index (χ4n) is 1.31. The predicted molar refractivity (Wildman–Crippen MR) is 68.6 cm³/mol. The molecule has 0 aliphatic carbocycles. The molecule has 0 radical (unpaired) electrons. The maximum atomic E-state index is 13.3. The van der Waals surface area contributed by atoms with Crippen molar-refractivity contribution in [3.05, 3.63) is 29.8 Å². The van der Waals surface area contributed by atoms with Crippen molar-refractivity contribution < 1.29 is 13.5 Å². The van der Waals surface area contributed by atoms with Crippen molar-refractivity contribution >= 4 is 15.9 Å². The summed E-state index contributed by atoms with van der Waals surface area (Å²) >= 11 is 3.41. The van der Waals surface area contributed by atoms with Gasteiger partial charge in [0.1, 0.15) is 0 Å². The van der Waals surface area contributed by atoms with Crippen LogP contribution < -0.4 is 4.74 Å². The molecular weight excluding hydrogens is 290 g/mol. The molecule has 1 atom stereocenters. The van der Waals surface area contributed by atoms with E-state index in [0.717, 1.165) is 11.4 Å². The van der Waals surface area contributed by atoms with Crippen LogP contribution in [0.4, 0.5) is 8.78 Å². The second kappa shape index (κ2) is 5.80. The SMILES string of the molecule is CC(C)(C)C(CBr)COc1cccc(F)c1F. The van der Waals surface area contributed by atoms with Gasteiger partial charge in [-0.3, -0.25) is 0 Å². The molecule has 1 nitrogen and oxygen atoms in total. The Kier molecular flexibility index (Phi) is 4.92. The van der Waals surface area contributed by atoms with Gasteiger partial charge in [-0.25, -0.2) is 4.39 Å². The third kappa shape index (κ3) is 3.95. The number of hydrogen-bond donors (Lipinski definition) is 0. The molecule has 0 saturated heterocycles. The van der Waals surface area contributed by atoms with Gasteiger partial charge in [0.05, 0.1) is 6.61 Å². The molecule has 96 valence electrons. The minimum Gasteiger partial charge on any atom is -0.490 e. The molecule has 0 aliphatic rings. The zero-order valence-corrected chi connectivity index (χ0v) is 11.9. The Balaban J connectivity index is 2.70. The van der Waals surface area contributed by atoms with E-state index in [0.29, 0.717) is 6.61 Å². The van der Waals surface area contributed by atoms with Crippen LogP contribution in [-0.2, 0) is 0 Å². The van der Waals surface area contributed by atoms with Gasteiger partial charge in [0.15, 0.2) is 11.6 Å². The lowest BCUT2D eigenvalue weighted by Crippen LogP contribution is -2.28. The predicted octanol–water partition coefficient (Wildman–Crippen LogP) is 4.40.